The number of nitro groups is 1. The fourth-order valence-corrected chi connectivity index (χ4v) is 2.11. The fraction of sp³-hybridized carbons (Fsp3) is 0.133. The molecule has 0 saturated carbocycles. The second-order valence-electron chi connectivity index (χ2n) is 4.67. The number of benzene rings is 2. The van der Waals surface area contributed by atoms with Gasteiger partial charge in [0.1, 0.15) is 5.82 Å². The van der Waals surface area contributed by atoms with E-state index in [1.165, 1.54) is 24.3 Å². The lowest BCUT2D eigenvalue weighted by atomic mass is 10.1. The van der Waals surface area contributed by atoms with Crippen molar-refractivity contribution in [3.05, 3.63) is 74.5 Å². The van der Waals surface area contributed by atoms with E-state index in [1.807, 2.05) is 0 Å². The van der Waals surface area contributed by atoms with Gasteiger partial charge in [0.15, 0.2) is 0 Å². The standard InChI is InChI=1S/C15H12ClFN2O3/c1-9(10-2-4-11(17)5-3-10)18-15(20)13-8-12(19(21)22)6-7-14(13)16/h2-9H,1H3,(H,18,20)/t9-/m0/s1. The number of hydrogen-bond donors (Lipinski definition) is 1. The molecule has 7 heteroatoms. The molecule has 0 radical (unpaired) electrons. The Kier molecular flexibility index (Phi) is 4.72. The molecule has 0 saturated heterocycles. The first kappa shape index (κ1) is 15.9. The third-order valence-electron chi connectivity index (χ3n) is 3.12. The van der Waals surface area contributed by atoms with Gasteiger partial charge in [0.05, 0.1) is 21.6 Å². The quantitative estimate of drug-likeness (QED) is 0.686. The molecular weight excluding hydrogens is 311 g/mol. The van der Waals surface area contributed by atoms with Crippen molar-refractivity contribution in [3.8, 4) is 0 Å². The molecule has 1 amide bonds. The Balaban J connectivity index is 2.20. The number of amides is 1. The molecule has 2 aromatic rings. The number of rotatable bonds is 4. The predicted molar refractivity (Wildman–Crippen MR) is 80.4 cm³/mol. The van der Waals surface area contributed by atoms with E-state index in [9.17, 15) is 19.3 Å². The molecule has 114 valence electrons. The molecule has 5 nitrogen and oxygen atoms in total. The van der Waals surface area contributed by atoms with Gasteiger partial charge in [0.2, 0.25) is 0 Å². The topological polar surface area (TPSA) is 72.2 Å². The molecule has 0 aromatic heterocycles. The summed E-state index contributed by atoms with van der Waals surface area (Å²) >= 11 is 5.91. The van der Waals surface area contributed by atoms with Gasteiger partial charge in [-0.3, -0.25) is 14.9 Å². The van der Waals surface area contributed by atoms with Gasteiger partial charge in [0.25, 0.3) is 11.6 Å². The minimum absolute atomic E-state index is 0.0184. The van der Waals surface area contributed by atoms with Crippen LogP contribution in [0.5, 0.6) is 0 Å². The molecule has 22 heavy (non-hydrogen) atoms. The smallest absolute Gasteiger partial charge is 0.270 e. The van der Waals surface area contributed by atoms with Crippen LogP contribution in [0.25, 0.3) is 0 Å². The predicted octanol–water partition coefficient (Wildman–Crippen LogP) is 3.88. The Morgan fingerprint density at radius 2 is 1.91 bits per heavy atom. The molecular formula is C15H12ClFN2O3. The highest BCUT2D eigenvalue weighted by Gasteiger charge is 2.18. The minimum atomic E-state index is -0.601. The Bertz CT molecular complexity index is 719. The summed E-state index contributed by atoms with van der Waals surface area (Å²) in [4.78, 5) is 22.4. The SMILES string of the molecule is C[C@H](NC(=O)c1cc([N+](=O)[O-])ccc1Cl)c1ccc(F)cc1. The van der Waals surface area contributed by atoms with E-state index < -0.39 is 16.9 Å². The third kappa shape index (κ3) is 3.59. The largest absolute Gasteiger partial charge is 0.345 e. The van der Waals surface area contributed by atoms with Crippen LogP contribution in [-0.2, 0) is 0 Å². The Hall–Kier alpha value is -2.47. The summed E-state index contributed by atoms with van der Waals surface area (Å²) in [7, 11) is 0. The van der Waals surface area contributed by atoms with E-state index in [0.717, 1.165) is 6.07 Å². The highest BCUT2D eigenvalue weighted by atomic mass is 35.5. The number of nitro benzene ring substituents is 1. The summed E-state index contributed by atoms with van der Waals surface area (Å²) in [6.45, 7) is 1.72. The Labute approximate surface area is 130 Å². The van der Waals surface area contributed by atoms with Gasteiger partial charge in [-0.25, -0.2) is 4.39 Å². The normalized spacial score (nSPS) is 11.8. The van der Waals surface area contributed by atoms with Crippen molar-refractivity contribution in [3.63, 3.8) is 0 Å². The average Bonchev–Trinajstić information content (AvgIpc) is 2.47. The van der Waals surface area contributed by atoms with E-state index in [0.29, 0.717) is 5.56 Å². The van der Waals surface area contributed by atoms with E-state index in [4.69, 9.17) is 11.6 Å². The third-order valence-corrected chi connectivity index (χ3v) is 3.45. The van der Waals surface area contributed by atoms with Gasteiger partial charge in [-0.2, -0.15) is 0 Å². The summed E-state index contributed by atoms with van der Waals surface area (Å²) in [6.07, 6.45) is 0. The first-order valence-electron chi connectivity index (χ1n) is 6.38. The van der Waals surface area contributed by atoms with E-state index >= 15 is 0 Å². The lowest BCUT2D eigenvalue weighted by Crippen LogP contribution is -2.27. The number of nitrogens with zero attached hydrogens (tertiary/aromatic N) is 1. The number of hydrogen-bond acceptors (Lipinski definition) is 3. The monoisotopic (exact) mass is 322 g/mol. The van der Waals surface area contributed by atoms with Crippen molar-refractivity contribution < 1.29 is 14.1 Å². The van der Waals surface area contributed by atoms with Crippen molar-refractivity contribution in [2.24, 2.45) is 0 Å². The van der Waals surface area contributed by atoms with Gasteiger partial charge in [-0.05, 0) is 30.7 Å². The maximum Gasteiger partial charge on any atom is 0.270 e. The van der Waals surface area contributed by atoms with E-state index in [1.54, 1.807) is 19.1 Å². The molecule has 1 atom stereocenters. The zero-order valence-electron chi connectivity index (χ0n) is 11.5. The molecule has 1 N–H and O–H groups in total. The summed E-state index contributed by atoms with van der Waals surface area (Å²) in [6, 6.07) is 8.93. The highest BCUT2D eigenvalue weighted by molar-refractivity contribution is 6.33. The van der Waals surface area contributed by atoms with Crippen LogP contribution in [0.15, 0.2) is 42.5 Å². The number of nitrogens with one attached hydrogen (secondary N) is 1. The van der Waals surface area contributed by atoms with Gasteiger partial charge in [-0.15, -0.1) is 0 Å². The van der Waals surface area contributed by atoms with Crippen molar-refractivity contribution in [1.82, 2.24) is 5.32 Å². The second-order valence-corrected chi connectivity index (χ2v) is 5.08. The number of halogens is 2. The van der Waals surface area contributed by atoms with Crippen LogP contribution < -0.4 is 5.32 Å². The number of non-ortho nitro benzene ring substituents is 1. The Morgan fingerprint density at radius 3 is 2.50 bits per heavy atom. The average molecular weight is 323 g/mol. The van der Waals surface area contributed by atoms with Crippen LogP contribution >= 0.6 is 11.6 Å². The second kappa shape index (κ2) is 6.53. The van der Waals surface area contributed by atoms with Crippen molar-refractivity contribution in [2.45, 2.75) is 13.0 Å². The van der Waals surface area contributed by atoms with Gasteiger partial charge >= 0.3 is 0 Å². The summed E-state index contributed by atoms with van der Waals surface area (Å²) in [5.74, 6) is -0.908. The fourth-order valence-electron chi connectivity index (χ4n) is 1.91. The van der Waals surface area contributed by atoms with Gasteiger partial charge in [-0.1, -0.05) is 23.7 Å². The van der Waals surface area contributed by atoms with Crippen LogP contribution in [0.3, 0.4) is 0 Å². The Morgan fingerprint density at radius 1 is 1.27 bits per heavy atom. The molecule has 0 bridgehead atoms. The maximum atomic E-state index is 12.9. The first-order chi connectivity index (χ1) is 10.4. The van der Waals surface area contributed by atoms with Crippen LogP contribution in [0, 0.1) is 15.9 Å². The molecule has 0 heterocycles. The molecule has 2 rings (SSSR count). The zero-order valence-corrected chi connectivity index (χ0v) is 12.3. The van der Waals surface area contributed by atoms with Gasteiger partial charge in [0, 0.05) is 12.1 Å². The van der Waals surface area contributed by atoms with Crippen LogP contribution in [0.4, 0.5) is 10.1 Å². The lowest BCUT2D eigenvalue weighted by molar-refractivity contribution is -0.384. The van der Waals surface area contributed by atoms with Gasteiger partial charge < -0.3 is 5.32 Å². The van der Waals surface area contributed by atoms with E-state index in [2.05, 4.69) is 5.32 Å². The van der Waals surface area contributed by atoms with Crippen molar-refractivity contribution >= 4 is 23.2 Å². The number of carbonyl (C=O) groups excluding carboxylic acids is 1. The molecule has 0 aliphatic carbocycles. The van der Waals surface area contributed by atoms with Crippen molar-refractivity contribution in [2.75, 3.05) is 0 Å². The summed E-state index contributed by atoms with van der Waals surface area (Å²) in [5.41, 5.74) is 0.505. The van der Waals surface area contributed by atoms with E-state index in [-0.39, 0.29) is 22.1 Å². The molecule has 0 aliphatic rings. The van der Waals surface area contributed by atoms with Crippen LogP contribution in [0.1, 0.15) is 28.9 Å². The van der Waals surface area contributed by atoms with Crippen molar-refractivity contribution in [1.29, 1.82) is 0 Å². The summed E-state index contributed by atoms with van der Waals surface area (Å²) < 4.78 is 12.9. The highest BCUT2D eigenvalue weighted by Crippen LogP contribution is 2.23. The molecule has 0 fully saturated rings. The van der Waals surface area contributed by atoms with Crippen LogP contribution in [0.2, 0.25) is 5.02 Å². The lowest BCUT2D eigenvalue weighted by Gasteiger charge is -2.15. The first-order valence-corrected chi connectivity index (χ1v) is 6.76. The molecule has 0 aliphatic heterocycles. The molecule has 0 spiro atoms. The minimum Gasteiger partial charge on any atom is -0.345 e. The molecule has 2 aromatic carbocycles. The zero-order chi connectivity index (χ0) is 16.3. The molecule has 0 unspecified atom stereocenters. The number of carbonyl (C=O) groups is 1. The van der Waals surface area contributed by atoms with Crippen LogP contribution in [-0.4, -0.2) is 10.8 Å². The maximum absolute atomic E-state index is 12.9. The summed E-state index contributed by atoms with van der Waals surface area (Å²) in [5, 5.41) is 13.5.